The van der Waals surface area contributed by atoms with Crippen molar-refractivity contribution in [2.75, 3.05) is 19.6 Å². The number of nitrogens with zero attached hydrogens (tertiary/aromatic N) is 1. The van der Waals surface area contributed by atoms with Gasteiger partial charge in [0.1, 0.15) is 0 Å². The minimum atomic E-state index is 0.528. The first-order valence-electron chi connectivity index (χ1n) is 8.84. The lowest BCUT2D eigenvalue weighted by Gasteiger charge is -2.44. The molecule has 0 bridgehead atoms. The molecule has 116 valence electrons. The summed E-state index contributed by atoms with van der Waals surface area (Å²) in [7, 11) is 0. The van der Waals surface area contributed by atoms with E-state index in [0.717, 1.165) is 12.5 Å². The predicted octanol–water partition coefficient (Wildman–Crippen LogP) is 3.77. The first-order chi connectivity index (χ1) is 10.3. The Balaban J connectivity index is 1.82. The average Bonchev–Trinajstić information content (AvgIpc) is 2.52. The molecular formula is C19H30N2. The molecule has 3 rings (SSSR count). The summed E-state index contributed by atoms with van der Waals surface area (Å²) in [6, 6.07) is 10.3. The first-order valence-corrected chi connectivity index (χ1v) is 8.84. The third-order valence-electron chi connectivity index (χ3n) is 5.26. The van der Waals surface area contributed by atoms with Gasteiger partial charge in [-0.15, -0.1) is 0 Å². The molecule has 2 nitrogen and oxygen atoms in total. The second-order valence-corrected chi connectivity index (χ2v) is 6.98. The van der Waals surface area contributed by atoms with E-state index in [4.69, 9.17) is 0 Å². The molecule has 0 radical (unpaired) electrons. The van der Waals surface area contributed by atoms with Crippen molar-refractivity contribution < 1.29 is 0 Å². The minimum absolute atomic E-state index is 0.528. The zero-order valence-electron chi connectivity index (χ0n) is 13.6. The van der Waals surface area contributed by atoms with Gasteiger partial charge in [-0.3, -0.25) is 4.90 Å². The SMILES string of the molecule is CCCNC1c2ccccc2CCC1N1CCCC(C)C1. The zero-order valence-corrected chi connectivity index (χ0v) is 13.6. The second-order valence-electron chi connectivity index (χ2n) is 6.98. The molecule has 1 aromatic carbocycles. The van der Waals surface area contributed by atoms with Gasteiger partial charge in [-0.1, -0.05) is 38.1 Å². The largest absolute Gasteiger partial charge is 0.309 e. The van der Waals surface area contributed by atoms with E-state index < -0.39 is 0 Å². The molecule has 3 unspecified atom stereocenters. The summed E-state index contributed by atoms with van der Waals surface area (Å²) in [5.41, 5.74) is 3.12. The Labute approximate surface area is 129 Å². The Morgan fingerprint density at radius 2 is 2.10 bits per heavy atom. The number of aryl methyl sites for hydroxylation is 1. The van der Waals surface area contributed by atoms with Gasteiger partial charge in [0.15, 0.2) is 0 Å². The maximum atomic E-state index is 3.85. The molecule has 21 heavy (non-hydrogen) atoms. The quantitative estimate of drug-likeness (QED) is 0.906. The van der Waals surface area contributed by atoms with Crippen LogP contribution < -0.4 is 5.32 Å². The van der Waals surface area contributed by atoms with E-state index in [1.54, 1.807) is 11.1 Å². The van der Waals surface area contributed by atoms with Crippen LogP contribution in [-0.4, -0.2) is 30.6 Å². The summed E-state index contributed by atoms with van der Waals surface area (Å²) >= 11 is 0. The van der Waals surface area contributed by atoms with Crippen LogP contribution in [-0.2, 0) is 6.42 Å². The summed E-state index contributed by atoms with van der Waals surface area (Å²) in [6.07, 6.45) is 6.55. The molecule has 2 heteroatoms. The van der Waals surface area contributed by atoms with Crippen molar-refractivity contribution in [1.29, 1.82) is 0 Å². The van der Waals surface area contributed by atoms with Crippen LogP contribution >= 0.6 is 0 Å². The Kier molecular flexibility index (Phi) is 4.97. The highest BCUT2D eigenvalue weighted by molar-refractivity contribution is 5.34. The molecule has 1 aliphatic carbocycles. The number of hydrogen-bond acceptors (Lipinski definition) is 2. The summed E-state index contributed by atoms with van der Waals surface area (Å²) in [5, 5.41) is 3.85. The molecular weight excluding hydrogens is 256 g/mol. The van der Waals surface area contributed by atoms with E-state index in [1.807, 2.05) is 0 Å². The molecule has 0 saturated carbocycles. The minimum Gasteiger partial charge on any atom is -0.309 e. The van der Waals surface area contributed by atoms with Crippen LogP contribution in [0.3, 0.4) is 0 Å². The Morgan fingerprint density at radius 3 is 2.90 bits per heavy atom. The molecule has 3 atom stereocenters. The maximum Gasteiger partial charge on any atom is 0.0481 e. The van der Waals surface area contributed by atoms with Gasteiger partial charge >= 0.3 is 0 Å². The van der Waals surface area contributed by atoms with E-state index in [9.17, 15) is 0 Å². The van der Waals surface area contributed by atoms with E-state index in [1.165, 1.54) is 45.2 Å². The average molecular weight is 286 g/mol. The third kappa shape index (κ3) is 3.32. The highest BCUT2D eigenvalue weighted by atomic mass is 15.2. The van der Waals surface area contributed by atoms with E-state index in [0.29, 0.717) is 12.1 Å². The third-order valence-corrected chi connectivity index (χ3v) is 5.26. The summed E-state index contributed by atoms with van der Waals surface area (Å²) < 4.78 is 0. The fourth-order valence-electron chi connectivity index (χ4n) is 4.21. The van der Waals surface area contributed by atoms with Crippen LogP contribution in [0.15, 0.2) is 24.3 Å². The lowest BCUT2D eigenvalue weighted by Crippen LogP contribution is -2.50. The summed E-state index contributed by atoms with van der Waals surface area (Å²) in [6.45, 7) is 8.38. The molecule has 0 amide bonds. The van der Waals surface area contributed by atoms with Gasteiger partial charge in [0.2, 0.25) is 0 Å². The lowest BCUT2D eigenvalue weighted by atomic mass is 9.82. The fourth-order valence-corrected chi connectivity index (χ4v) is 4.21. The number of likely N-dealkylation sites (tertiary alicyclic amines) is 1. The van der Waals surface area contributed by atoms with Crippen LogP contribution in [0.25, 0.3) is 0 Å². The van der Waals surface area contributed by atoms with Crippen molar-refractivity contribution in [2.24, 2.45) is 5.92 Å². The molecule has 0 spiro atoms. The van der Waals surface area contributed by atoms with Gasteiger partial charge in [-0.05, 0) is 62.2 Å². The predicted molar refractivity (Wildman–Crippen MR) is 89.6 cm³/mol. The molecule has 1 aliphatic heterocycles. The van der Waals surface area contributed by atoms with Gasteiger partial charge in [0, 0.05) is 18.6 Å². The number of benzene rings is 1. The number of fused-ring (bicyclic) bond motifs is 1. The molecule has 0 aromatic heterocycles. The monoisotopic (exact) mass is 286 g/mol. The first kappa shape index (κ1) is 15.1. The van der Waals surface area contributed by atoms with Crippen LogP contribution in [0.5, 0.6) is 0 Å². The molecule has 1 saturated heterocycles. The fraction of sp³-hybridized carbons (Fsp3) is 0.684. The Morgan fingerprint density at radius 1 is 1.24 bits per heavy atom. The van der Waals surface area contributed by atoms with Crippen LogP contribution in [0, 0.1) is 5.92 Å². The highest BCUT2D eigenvalue weighted by Gasteiger charge is 2.34. The van der Waals surface area contributed by atoms with Gasteiger partial charge in [0.25, 0.3) is 0 Å². The standard InChI is InChI=1S/C19H30N2/c1-3-12-20-19-17-9-5-4-8-16(17)10-11-18(19)21-13-6-7-15(2)14-21/h4-5,8-9,15,18-20H,3,6-7,10-14H2,1-2H3. The van der Waals surface area contributed by atoms with Crippen molar-refractivity contribution in [3.05, 3.63) is 35.4 Å². The summed E-state index contributed by atoms with van der Waals surface area (Å²) in [5.74, 6) is 0.864. The van der Waals surface area contributed by atoms with Crippen molar-refractivity contribution in [3.63, 3.8) is 0 Å². The number of hydrogen-bond donors (Lipinski definition) is 1. The normalized spacial score (nSPS) is 30.1. The number of piperidine rings is 1. The highest BCUT2D eigenvalue weighted by Crippen LogP contribution is 2.34. The van der Waals surface area contributed by atoms with Gasteiger partial charge < -0.3 is 5.32 Å². The number of nitrogens with one attached hydrogen (secondary N) is 1. The van der Waals surface area contributed by atoms with Crippen molar-refractivity contribution >= 4 is 0 Å². The van der Waals surface area contributed by atoms with Gasteiger partial charge in [0.05, 0.1) is 0 Å². The van der Waals surface area contributed by atoms with Crippen molar-refractivity contribution in [2.45, 2.75) is 58.0 Å². The lowest BCUT2D eigenvalue weighted by molar-refractivity contribution is 0.0923. The van der Waals surface area contributed by atoms with E-state index >= 15 is 0 Å². The summed E-state index contributed by atoms with van der Waals surface area (Å²) in [4.78, 5) is 2.78. The zero-order chi connectivity index (χ0) is 14.7. The molecule has 1 aromatic rings. The Bertz CT molecular complexity index is 457. The molecule has 1 heterocycles. The molecule has 1 N–H and O–H groups in total. The van der Waals surface area contributed by atoms with Crippen LogP contribution in [0.1, 0.15) is 56.7 Å². The Hall–Kier alpha value is -0.860. The van der Waals surface area contributed by atoms with Gasteiger partial charge in [-0.2, -0.15) is 0 Å². The topological polar surface area (TPSA) is 15.3 Å². The maximum absolute atomic E-state index is 3.85. The van der Waals surface area contributed by atoms with E-state index in [2.05, 4.69) is 48.3 Å². The van der Waals surface area contributed by atoms with Crippen LogP contribution in [0.2, 0.25) is 0 Å². The van der Waals surface area contributed by atoms with Crippen molar-refractivity contribution in [1.82, 2.24) is 10.2 Å². The number of rotatable bonds is 4. The second kappa shape index (κ2) is 6.93. The molecule has 1 fully saturated rings. The van der Waals surface area contributed by atoms with Crippen molar-refractivity contribution in [3.8, 4) is 0 Å². The van der Waals surface area contributed by atoms with Gasteiger partial charge in [-0.25, -0.2) is 0 Å². The van der Waals surface area contributed by atoms with E-state index in [-0.39, 0.29) is 0 Å². The smallest absolute Gasteiger partial charge is 0.0481 e. The van der Waals surface area contributed by atoms with Crippen LogP contribution in [0.4, 0.5) is 0 Å². The molecule has 2 aliphatic rings.